The van der Waals surface area contributed by atoms with Crippen LogP contribution in [0.25, 0.3) is 0 Å². The predicted molar refractivity (Wildman–Crippen MR) is 71.9 cm³/mol. The Balaban J connectivity index is 2.13. The molecule has 0 aliphatic rings. The van der Waals surface area contributed by atoms with Gasteiger partial charge in [0.2, 0.25) is 5.88 Å². The van der Waals surface area contributed by atoms with Crippen LogP contribution < -0.4 is 10.5 Å². The number of benzene rings is 1. The van der Waals surface area contributed by atoms with Crippen LogP contribution in [0.3, 0.4) is 0 Å². The van der Waals surface area contributed by atoms with Gasteiger partial charge < -0.3 is 10.5 Å². The number of hydrogen-bond acceptors (Lipinski definition) is 3. The second kappa shape index (κ2) is 5.19. The fourth-order valence-electron chi connectivity index (χ4n) is 1.40. The number of nitrogen functional groups attached to an aromatic ring is 1. The summed E-state index contributed by atoms with van der Waals surface area (Å²) in [6, 6.07) is 9.96. The molecule has 4 heteroatoms. The average molecular weight is 293 g/mol. The summed E-state index contributed by atoms with van der Waals surface area (Å²) in [4.78, 5) is 4.16. The molecule has 0 atom stereocenters. The maximum absolute atomic E-state index is 5.75. The molecule has 1 aromatic carbocycles. The van der Waals surface area contributed by atoms with E-state index in [9.17, 15) is 0 Å². The minimum atomic E-state index is 0.496. The van der Waals surface area contributed by atoms with E-state index in [1.165, 1.54) is 0 Å². The van der Waals surface area contributed by atoms with Crippen LogP contribution in [0, 0.1) is 6.92 Å². The van der Waals surface area contributed by atoms with Crippen molar-refractivity contribution in [3.63, 3.8) is 0 Å². The molecule has 17 heavy (non-hydrogen) atoms. The van der Waals surface area contributed by atoms with Gasteiger partial charge in [-0.3, -0.25) is 0 Å². The molecule has 0 fully saturated rings. The lowest BCUT2D eigenvalue weighted by Crippen LogP contribution is -2.00. The van der Waals surface area contributed by atoms with Crippen LogP contribution in [-0.4, -0.2) is 4.98 Å². The summed E-state index contributed by atoms with van der Waals surface area (Å²) in [5.41, 5.74) is 8.46. The van der Waals surface area contributed by atoms with E-state index in [1.54, 1.807) is 6.20 Å². The highest BCUT2D eigenvalue weighted by molar-refractivity contribution is 9.10. The van der Waals surface area contributed by atoms with E-state index in [2.05, 4.69) is 20.9 Å². The van der Waals surface area contributed by atoms with E-state index in [-0.39, 0.29) is 0 Å². The number of aromatic nitrogens is 1. The van der Waals surface area contributed by atoms with Gasteiger partial charge in [0.05, 0.1) is 16.4 Å². The third-order valence-corrected chi connectivity index (χ3v) is 3.42. The van der Waals surface area contributed by atoms with Gasteiger partial charge in [0.25, 0.3) is 0 Å². The van der Waals surface area contributed by atoms with Crippen molar-refractivity contribution in [3.8, 4) is 5.88 Å². The van der Waals surface area contributed by atoms with Crippen LogP contribution in [0.2, 0.25) is 0 Å². The topological polar surface area (TPSA) is 48.1 Å². The molecule has 3 nitrogen and oxygen atoms in total. The van der Waals surface area contributed by atoms with Crippen molar-refractivity contribution in [2.24, 2.45) is 0 Å². The first kappa shape index (κ1) is 11.9. The molecule has 0 spiro atoms. The van der Waals surface area contributed by atoms with Crippen molar-refractivity contribution >= 4 is 21.6 Å². The first-order chi connectivity index (χ1) is 8.18. The lowest BCUT2D eigenvalue weighted by atomic mass is 10.2. The minimum Gasteiger partial charge on any atom is -0.472 e. The SMILES string of the molecule is Cc1c(N)cnc(OCc2ccccc2)c1Br. The first-order valence-corrected chi connectivity index (χ1v) is 6.05. The molecule has 2 N–H and O–H groups in total. The summed E-state index contributed by atoms with van der Waals surface area (Å²) >= 11 is 3.44. The number of halogens is 1. The van der Waals surface area contributed by atoms with Crippen molar-refractivity contribution in [2.45, 2.75) is 13.5 Å². The van der Waals surface area contributed by atoms with Gasteiger partial charge in [0.1, 0.15) is 6.61 Å². The highest BCUT2D eigenvalue weighted by atomic mass is 79.9. The smallest absolute Gasteiger partial charge is 0.228 e. The zero-order chi connectivity index (χ0) is 12.3. The molecule has 2 aromatic rings. The Kier molecular flexibility index (Phi) is 3.64. The molecule has 0 saturated carbocycles. The lowest BCUT2D eigenvalue weighted by Gasteiger charge is -2.10. The number of hydrogen-bond donors (Lipinski definition) is 1. The predicted octanol–water partition coefficient (Wildman–Crippen LogP) is 3.31. The fraction of sp³-hybridized carbons (Fsp3) is 0.154. The van der Waals surface area contributed by atoms with E-state index >= 15 is 0 Å². The second-order valence-corrected chi connectivity index (χ2v) is 4.52. The number of anilines is 1. The Labute approximate surface area is 109 Å². The summed E-state index contributed by atoms with van der Waals surface area (Å²) in [6.07, 6.45) is 1.61. The zero-order valence-corrected chi connectivity index (χ0v) is 11.1. The molecule has 0 saturated heterocycles. The third kappa shape index (κ3) is 2.77. The van der Waals surface area contributed by atoms with Crippen molar-refractivity contribution in [2.75, 3.05) is 5.73 Å². The zero-order valence-electron chi connectivity index (χ0n) is 9.48. The van der Waals surface area contributed by atoms with Gasteiger partial charge in [-0.05, 0) is 34.0 Å². The Morgan fingerprint density at radius 3 is 2.71 bits per heavy atom. The van der Waals surface area contributed by atoms with Crippen molar-refractivity contribution in [3.05, 3.63) is 52.1 Å². The number of rotatable bonds is 3. The maximum atomic E-state index is 5.75. The summed E-state index contributed by atoms with van der Waals surface area (Å²) in [7, 11) is 0. The molecule has 1 aromatic heterocycles. The van der Waals surface area contributed by atoms with E-state index in [0.29, 0.717) is 18.2 Å². The Morgan fingerprint density at radius 2 is 2.00 bits per heavy atom. The third-order valence-electron chi connectivity index (χ3n) is 2.49. The molecular formula is C13H13BrN2O. The van der Waals surface area contributed by atoms with Gasteiger partial charge in [0, 0.05) is 0 Å². The number of ether oxygens (including phenoxy) is 1. The summed E-state index contributed by atoms with van der Waals surface area (Å²) in [5, 5.41) is 0. The van der Waals surface area contributed by atoms with E-state index in [4.69, 9.17) is 10.5 Å². The summed E-state index contributed by atoms with van der Waals surface area (Å²) in [5.74, 6) is 0.570. The summed E-state index contributed by atoms with van der Waals surface area (Å²) in [6.45, 7) is 2.42. The van der Waals surface area contributed by atoms with Gasteiger partial charge in [-0.25, -0.2) is 4.98 Å². The van der Waals surface area contributed by atoms with E-state index in [0.717, 1.165) is 15.6 Å². The number of pyridine rings is 1. The standard InChI is InChI=1S/C13H13BrN2O/c1-9-11(15)7-16-13(12(9)14)17-8-10-5-3-2-4-6-10/h2-7H,8,15H2,1H3. The molecule has 0 bridgehead atoms. The van der Waals surface area contributed by atoms with Gasteiger partial charge >= 0.3 is 0 Å². The van der Waals surface area contributed by atoms with Gasteiger partial charge in [0.15, 0.2) is 0 Å². The Morgan fingerprint density at radius 1 is 1.29 bits per heavy atom. The number of nitrogens with two attached hydrogens (primary N) is 1. The highest BCUT2D eigenvalue weighted by Crippen LogP contribution is 2.29. The van der Waals surface area contributed by atoms with Crippen LogP contribution in [0.15, 0.2) is 41.0 Å². The molecule has 0 unspecified atom stereocenters. The van der Waals surface area contributed by atoms with Crippen LogP contribution in [-0.2, 0) is 6.61 Å². The molecule has 0 amide bonds. The second-order valence-electron chi connectivity index (χ2n) is 3.73. The van der Waals surface area contributed by atoms with E-state index in [1.807, 2.05) is 37.3 Å². The van der Waals surface area contributed by atoms with Crippen LogP contribution in [0.4, 0.5) is 5.69 Å². The normalized spacial score (nSPS) is 10.2. The van der Waals surface area contributed by atoms with Gasteiger partial charge in [-0.15, -0.1) is 0 Å². The van der Waals surface area contributed by atoms with Crippen molar-refractivity contribution in [1.82, 2.24) is 4.98 Å². The quantitative estimate of drug-likeness (QED) is 0.944. The molecule has 1 heterocycles. The molecular weight excluding hydrogens is 280 g/mol. The molecule has 0 aliphatic carbocycles. The Hall–Kier alpha value is -1.55. The van der Waals surface area contributed by atoms with E-state index < -0.39 is 0 Å². The summed E-state index contributed by atoms with van der Waals surface area (Å²) < 4.78 is 6.46. The monoisotopic (exact) mass is 292 g/mol. The largest absolute Gasteiger partial charge is 0.472 e. The average Bonchev–Trinajstić information content (AvgIpc) is 2.36. The first-order valence-electron chi connectivity index (χ1n) is 5.26. The van der Waals surface area contributed by atoms with Gasteiger partial charge in [-0.1, -0.05) is 30.3 Å². The minimum absolute atomic E-state index is 0.496. The van der Waals surface area contributed by atoms with Crippen LogP contribution >= 0.6 is 15.9 Å². The fourth-order valence-corrected chi connectivity index (χ4v) is 1.84. The maximum Gasteiger partial charge on any atom is 0.228 e. The van der Waals surface area contributed by atoms with Crippen molar-refractivity contribution in [1.29, 1.82) is 0 Å². The Bertz CT molecular complexity index is 514. The van der Waals surface area contributed by atoms with Crippen molar-refractivity contribution < 1.29 is 4.74 Å². The molecule has 2 rings (SSSR count). The molecule has 0 aliphatic heterocycles. The van der Waals surface area contributed by atoms with Gasteiger partial charge in [-0.2, -0.15) is 0 Å². The molecule has 0 radical (unpaired) electrons. The van der Waals surface area contributed by atoms with Crippen LogP contribution in [0.1, 0.15) is 11.1 Å². The highest BCUT2D eigenvalue weighted by Gasteiger charge is 2.08. The lowest BCUT2D eigenvalue weighted by molar-refractivity contribution is 0.291. The van der Waals surface area contributed by atoms with Crippen LogP contribution in [0.5, 0.6) is 5.88 Å². The molecule has 88 valence electrons. The number of nitrogens with zero attached hydrogens (tertiary/aromatic N) is 1.